The summed E-state index contributed by atoms with van der Waals surface area (Å²) in [6.45, 7) is 6.86. The number of nitrogens with zero attached hydrogens (tertiary/aromatic N) is 4. The second-order valence-corrected chi connectivity index (χ2v) is 5.10. The largest absolute Gasteiger partial charge is 0.433 e. The fourth-order valence-corrected chi connectivity index (χ4v) is 2.59. The Morgan fingerprint density at radius 1 is 1.38 bits per heavy atom. The van der Waals surface area contributed by atoms with Crippen molar-refractivity contribution in [2.24, 2.45) is 0 Å². The summed E-state index contributed by atoms with van der Waals surface area (Å²) < 4.78 is 38.4. The number of anilines is 1. The number of rotatable bonds is 2. The van der Waals surface area contributed by atoms with Crippen LogP contribution in [0.25, 0.3) is 0 Å². The predicted molar refractivity (Wildman–Crippen MR) is 72.9 cm³/mol. The van der Waals surface area contributed by atoms with Gasteiger partial charge in [0.2, 0.25) is 0 Å². The summed E-state index contributed by atoms with van der Waals surface area (Å²) in [7, 11) is 0. The van der Waals surface area contributed by atoms with Crippen LogP contribution in [0.3, 0.4) is 0 Å². The maximum Gasteiger partial charge on any atom is 0.433 e. The van der Waals surface area contributed by atoms with Crippen LogP contribution in [0, 0.1) is 11.3 Å². The van der Waals surface area contributed by atoms with Crippen molar-refractivity contribution >= 4 is 5.82 Å². The monoisotopic (exact) mass is 298 g/mol. The van der Waals surface area contributed by atoms with Crippen LogP contribution < -0.4 is 4.90 Å². The number of pyridine rings is 1. The van der Waals surface area contributed by atoms with Gasteiger partial charge >= 0.3 is 6.18 Å². The van der Waals surface area contributed by atoms with E-state index in [2.05, 4.69) is 16.8 Å². The van der Waals surface area contributed by atoms with Crippen LogP contribution in [-0.4, -0.2) is 42.1 Å². The summed E-state index contributed by atoms with van der Waals surface area (Å²) >= 11 is 0. The molecule has 4 nitrogen and oxygen atoms in total. The van der Waals surface area contributed by atoms with Gasteiger partial charge in [-0.2, -0.15) is 18.4 Å². The van der Waals surface area contributed by atoms with E-state index in [9.17, 15) is 13.2 Å². The molecule has 0 radical (unpaired) electrons. The van der Waals surface area contributed by atoms with Crippen LogP contribution in [0.15, 0.2) is 12.1 Å². The predicted octanol–water partition coefficient (Wildman–Crippen LogP) is 2.50. The summed E-state index contributed by atoms with van der Waals surface area (Å²) in [4.78, 5) is 7.70. The third-order valence-corrected chi connectivity index (χ3v) is 3.76. The second kappa shape index (κ2) is 5.90. The molecule has 7 heteroatoms. The van der Waals surface area contributed by atoms with Crippen molar-refractivity contribution in [3.63, 3.8) is 0 Å². The standard InChI is InChI=1S/C14H17F3N4/c1-3-20-6-7-21(9-10(20)2)13-11(8-18)4-5-12(19-13)14(15,16)17/h4-5,10H,3,6-7,9H2,1-2H3. The van der Waals surface area contributed by atoms with E-state index in [4.69, 9.17) is 5.26 Å². The molecule has 0 aliphatic carbocycles. The topological polar surface area (TPSA) is 43.2 Å². The minimum atomic E-state index is -4.50. The molecule has 0 saturated carbocycles. The number of nitriles is 1. The first-order valence-corrected chi connectivity index (χ1v) is 6.84. The maximum absolute atomic E-state index is 12.8. The third-order valence-electron chi connectivity index (χ3n) is 3.76. The van der Waals surface area contributed by atoms with Crippen molar-refractivity contribution in [1.82, 2.24) is 9.88 Å². The lowest BCUT2D eigenvalue weighted by molar-refractivity contribution is -0.141. The van der Waals surface area contributed by atoms with E-state index in [1.54, 1.807) is 4.90 Å². The summed E-state index contributed by atoms with van der Waals surface area (Å²) in [5.41, 5.74) is -0.776. The fourth-order valence-electron chi connectivity index (χ4n) is 2.59. The van der Waals surface area contributed by atoms with Gasteiger partial charge in [-0.3, -0.25) is 4.90 Å². The molecular weight excluding hydrogens is 281 g/mol. The molecule has 1 aliphatic rings. The Bertz CT molecular complexity index is 550. The molecule has 0 spiro atoms. The Kier molecular flexibility index (Phi) is 4.37. The van der Waals surface area contributed by atoms with Gasteiger partial charge in [0.15, 0.2) is 0 Å². The molecule has 1 saturated heterocycles. The van der Waals surface area contributed by atoms with E-state index in [0.717, 1.165) is 19.2 Å². The Hall–Kier alpha value is -1.81. The zero-order valence-corrected chi connectivity index (χ0v) is 12.0. The highest BCUT2D eigenvalue weighted by Crippen LogP contribution is 2.31. The molecule has 1 fully saturated rings. The van der Waals surface area contributed by atoms with Gasteiger partial charge in [0.05, 0.1) is 5.56 Å². The van der Waals surface area contributed by atoms with Crippen molar-refractivity contribution in [3.8, 4) is 6.07 Å². The van der Waals surface area contributed by atoms with Crippen molar-refractivity contribution in [2.75, 3.05) is 31.1 Å². The molecule has 2 heterocycles. The third kappa shape index (κ3) is 3.27. The fraction of sp³-hybridized carbons (Fsp3) is 0.571. The first-order valence-electron chi connectivity index (χ1n) is 6.84. The van der Waals surface area contributed by atoms with Crippen LogP contribution in [0.2, 0.25) is 0 Å². The minimum Gasteiger partial charge on any atom is -0.353 e. The van der Waals surface area contributed by atoms with Crippen LogP contribution in [0.4, 0.5) is 19.0 Å². The lowest BCUT2D eigenvalue weighted by atomic mass is 10.1. The molecule has 1 unspecified atom stereocenters. The molecule has 1 aliphatic heterocycles. The minimum absolute atomic E-state index is 0.134. The molecule has 0 aromatic carbocycles. The first kappa shape index (κ1) is 15.6. The van der Waals surface area contributed by atoms with E-state index in [0.29, 0.717) is 13.1 Å². The maximum atomic E-state index is 12.8. The molecule has 0 amide bonds. The number of aromatic nitrogens is 1. The number of piperazine rings is 1. The summed E-state index contributed by atoms with van der Waals surface area (Å²) in [6, 6.07) is 4.19. The molecule has 114 valence electrons. The van der Waals surface area contributed by atoms with Crippen LogP contribution in [-0.2, 0) is 6.18 Å². The van der Waals surface area contributed by atoms with Crippen molar-refractivity contribution in [3.05, 3.63) is 23.4 Å². The molecule has 1 atom stereocenters. The summed E-state index contributed by atoms with van der Waals surface area (Å²) in [5.74, 6) is 0.134. The highest BCUT2D eigenvalue weighted by atomic mass is 19.4. The Morgan fingerprint density at radius 3 is 2.62 bits per heavy atom. The van der Waals surface area contributed by atoms with E-state index < -0.39 is 11.9 Å². The SMILES string of the molecule is CCN1CCN(c2nc(C(F)(F)F)ccc2C#N)CC1C. The molecule has 21 heavy (non-hydrogen) atoms. The average Bonchev–Trinajstić information content (AvgIpc) is 2.45. The molecule has 0 N–H and O–H groups in total. The van der Waals surface area contributed by atoms with E-state index in [-0.39, 0.29) is 17.4 Å². The summed E-state index contributed by atoms with van der Waals surface area (Å²) in [5, 5.41) is 9.10. The Balaban J connectivity index is 2.32. The lowest BCUT2D eigenvalue weighted by Crippen LogP contribution is -2.52. The van der Waals surface area contributed by atoms with E-state index in [1.807, 2.05) is 13.0 Å². The van der Waals surface area contributed by atoms with Gasteiger partial charge in [0, 0.05) is 25.7 Å². The van der Waals surface area contributed by atoms with Gasteiger partial charge in [-0.1, -0.05) is 6.92 Å². The van der Waals surface area contributed by atoms with Crippen molar-refractivity contribution in [2.45, 2.75) is 26.1 Å². The normalized spacial score (nSPS) is 20.4. The first-order chi connectivity index (χ1) is 9.86. The van der Waals surface area contributed by atoms with Crippen LogP contribution in [0.1, 0.15) is 25.1 Å². The van der Waals surface area contributed by atoms with Gasteiger partial charge in [-0.15, -0.1) is 0 Å². The number of halogens is 3. The Labute approximate surface area is 121 Å². The van der Waals surface area contributed by atoms with E-state index in [1.165, 1.54) is 6.07 Å². The van der Waals surface area contributed by atoms with Crippen molar-refractivity contribution < 1.29 is 13.2 Å². The molecular formula is C14H17F3N4. The van der Waals surface area contributed by atoms with Gasteiger partial charge in [0.25, 0.3) is 0 Å². The summed E-state index contributed by atoms with van der Waals surface area (Å²) in [6.07, 6.45) is -4.50. The van der Waals surface area contributed by atoms with Gasteiger partial charge in [0.1, 0.15) is 17.6 Å². The Morgan fingerprint density at radius 2 is 2.10 bits per heavy atom. The highest BCUT2D eigenvalue weighted by Gasteiger charge is 2.34. The van der Waals surface area contributed by atoms with Crippen LogP contribution >= 0.6 is 0 Å². The molecule has 1 aromatic heterocycles. The zero-order chi connectivity index (χ0) is 15.6. The van der Waals surface area contributed by atoms with Crippen molar-refractivity contribution in [1.29, 1.82) is 5.26 Å². The number of hydrogen-bond acceptors (Lipinski definition) is 4. The molecule has 1 aromatic rings. The smallest absolute Gasteiger partial charge is 0.353 e. The van der Waals surface area contributed by atoms with Gasteiger partial charge in [-0.05, 0) is 25.6 Å². The molecule has 2 rings (SSSR count). The number of likely N-dealkylation sites (N-methyl/N-ethyl adjacent to an activating group) is 1. The second-order valence-electron chi connectivity index (χ2n) is 5.10. The average molecular weight is 298 g/mol. The van der Waals surface area contributed by atoms with Crippen LogP contribution in [0.5, 0.6) is 0 Å². The zero-order valence-electron chi connectivity index (χ0n) is 12.0. The van der Waals surface area contributed by atoms with E-state index >= 15 is 0 Å². The number of alkyl halides is 3. The molecule has 0 bridgehead atoms. The van der Waals surface area contributed by atoms with Gasteiger partial charge in [-0.25, -0.2) is 4.98 Å². The lowest BCUT2D eigenvalue weighted by Gasteiger charge is -2.40. The highest BCUT2D eigenvalue weighted by molar-refractivity contribution is 5.55. The van der Waals surface area contributed by atoms with Gasteiger partial charge < -0.3 is 4.90 Å². The number of hydrogen-bond donors (Lipinski definition) is 0. The quantitative estimate of drug-likeness (QED) is 0.841.